The van der Waals surface area contributed by atoms with Crippen molar-refractivity contribution < 1.29 is 9.21 Å². The summed E-state index contributed by atoms with van der Waals surface area (Å²) in [5, 5.41) is 10.2. The van der Waals surface area contributed by atoms with Gasteiger partial charge in [0.1, 0.15) is 5.76 Å². The second-order valence-corrected chi connectivity index (χ2v) is 7.66. The van der Waals surface area contributed by atoms with Crippen molar-refractivity contribution in [1.82, 2.24) is 16.0 Å². The van der Waals surface area contributed by atoms with Crippen LogP contribution in [0.3, 0.4) is 0 Å². The number of hydrogen-bond acceptors (Lipinski definition) is 4. The molecule has 0 saturated heterocycles. The van der Waals surface area contributed by atoms with Gasteiger partial charge in [-0.2, -0.15) is 0 Å². The van der Waals surface area contributed by atoms with Crippen LogP contribution >= 0.6 is 47.3 Å². The van der Waals surface area contributed by atoms with Gasteiger partial charge in [0.25, 0.3) is 0 Å². The SMILES string of the molecule is CC(=O)NCCCN=C(NCCSc1ccc(Cl)cc1)NCCc1ccco1.I. The highest BCUT2D eigenvalue weighted by Gasteiger charge is 2.01. The normalized spacial score (nSPS) is 10.9. The largest absolute Gasteiger partial charge is 0.469 e. The molecule has 0 aliphatic rings. The van der Waals surface area contributed by atoms with Crippen LogP contribution in [0.25, 0.3) is 0 Å². The number of rotatable bonds is 11. The fourth-order valence-electron chi connectivity index (χ4n) is 2.34. The number of furan rings is 1. The van der Waals surface area contributed by atoms with E-state index in [1.807, 2.05) is 36.4 Å². The summed E-state index contributed by atoms with van der Waals surface area (Å²) < 4.78 is 5.35. The van der Waals surface area contributed by atoms with E-state index < -0.39 is 0 Å². The third kappa shape index (κ3) is 12.0. The average molecular weight is 551 g/mol. The number of amides is 1. The van der Waals surface area contributed by atoms with Crippen LogP contribution in [-0.2, 0) is 11.2 Å². The maximum absolute atomic E-state index is 10.9. The van der Waals surface area contributed by atoms with Crippen LogP contribution < -0.4 is 16.0 Å². The second-order valence-electron chi connectivity index (χ2n) is 6.05. The van der Waals surface area contributed by atoms with Gasteiger partial charge in [-0.3, -0.25) is 9.79 Å². The van der Waals surface area contributed by atoms with Gasteiger partial charge in [-0.1, -0.05) is 11.6 Å². The number of aliphatic imine (C=N–C) groups is 1. The summed E-state index contributed by atoms with van der Waals surface area (Å²) in [6, 6.07) is 11.7. The zero-order valence-electron chi connectivity index (χ0n) is 16.4. The molecule has 1 heterocycles. The Kier molecular flexibility index (Phi) is 13.7. The van der Waals surface area contributed by atoms with Crippen molar-refractivity contribution in [3.63, 3.8) is 0 Å². The molecule has 2 aromatic rings. The Bertz CT molecular complexity index is 727. The zero-order valence-corrected chi connectivity index (χ0v) is 20.4. The molecule has 29 heavy (non-hydrogen) atoms. The highest BCUT2D eigenvalue weighted by molar-refractivity contribution is 14.0. The smallest absolute Gasteiger partial charge is 0.216 e. The summed E-state index contributed by atoms with van der Waals surface area (Å²) in [6.07, 6.45) is 3.27. The summed E-state index contributed by atoms with van der Waals surface area (Å²) in [4.78, 5) is 16.7. The molecule has 0 saturated carbocycles. The molecule has 0 aliphatic heterocycles. The van der Waals surface area contributed by atoms with Gasteiger partial charge in [-0.05, 0) is 42.8 Å². The first-order valence-electron chi connectivity index (χ1n) is 9.31. The van der Waals surface area contributed by atoms with Crippen molar-refractivity contribution in [2.45, 2.75) is 24.7 Å². The topological polar surface area (TPSA) is 78.7 Å². The highest BCUT2D eigenvalue weighted by Crippen LogP contribution is 2.19. The van der Waals surface area contributed by atoms with Crippen molar-refractivity contribution in [1.29, 1.82) is 0 Å². The number of nitrogens with zero attached hydrogens (tertiary/aromatic N) is 1. The molecular weight excluding hydrogens is 523 g/mol. The van der Waals surface area contributed by atoms with Crippen molar-refractivity contribution in [2.75, 3.05) is 31.9 Å². The molecule has 0 spiro atoms. The van der Waals surface area contributed by atoms with E-state index in [0.29, 0.717) is 13.1 Å². The molecule has 0 radical (unpaired) electrons. The van der Waals surface area contributed by atoms with Crippen molar-refractivity contribution in [2.24, 2.45) is 4.99 Å². The van der Waals surface area contributed by atoms with Gasteiger partial charge in [0.15, 0.2) is 5.96 Å². The Morgan fingerprint density at radius 2 is 1.86 bits per heavy atom. The van der Waals surface area contributed by atoms with E-state index >= 15 is 0 Å². The molecule has 0 bridgehead atoms. The van der Waals surface area contributed by atoms with Gasteiger partial charge in [0.2, 0.25) is 5.91 Å². The number of guanidine groups is 1. The van der Waals surface area contributed by atoms with Gasteiger partial charge >= 0.3 is 0 Å². The van der Waals surface area contributed by atoms with Gasteiger partial charge in [-0.25, -0.2) is 0 Å². The highest BCUT2D eigenvalue weighted by atomic mass is 127. The number of thioether (sulfide) groups is 1. The third-order valence-electron chi connectivity index (χ3n) is 3.70. The maximum Gasteiger partial charge on any atom is 0.216 e. The first kappa shape index (κ1) is 25.6. The number of halogens is 2. The van der Waals surface area contributed by atoms with E-state index in [1.165, 1.54) is 11.8 Å². The first-order valence-corrected chi connectivity index (χ1v) is 10.7. The molecule has 2 rings (SSSR count). The monoisotopic (exact) mass is 550 g/mol. The summed E-state index contributed by atoms with van der Waals surface area (Å²) >= 11 is 7.67. The Morgan fingerprint density at radius 1 is 1.10 bits per heavy atom. The fourth-order valence-corrected chi connectivity index (χ4v) is 3.23. The minimum atomic E-state index is -0.0156. The molecule has 9 heteroatoms. The second kappa shape index (κ2) is 15.4. The van der Waals surface area contributed by atoms with E-state index in [1.54, 1.807) is 18.0 Å². The average Bonchev–Trinajstić information content (AvgIpc) is 3.19. The first-order chi connectivity index (χ1) is 13.6. The lowest BCUT2D eigenvalue weighted by atomic mass is 10.3. The van der Waals surface area contributed by atoms with E-state index in [-0.39, 0.29) is 29.9 Å². The summed E-state index contributed by atoms with van der Waals surface area (Å²) in [6.45, 7) is 4.30. The number of hydrogen-bond donors (Lipinski definition) is 3. The molecule has 0 atom stereocenters. The van der Waals surface area contributed by atoms with Crippen LogP contribution in [0.4, 0.5) is 0 Å². The molecule has 1 amide bonds. The summed E-state index contributed by atoms with van der Waals surface area (Å²) in [5.41, 5.74) is 0. The fraction of sp³-hybridized carbons (Fsp3) is 0.400. The number of carbonyl (C=O) groups is 1. The minimum Gasteiger partial charge on any atom is -0.469 e. The molecule has 3 N–H and O–H groups in total. The van der Waals surface area contributed by atoms with E-state index in [2.05, 4.69) is 20.9 Å². The number of benzene rings is 1. The Balaban J connectivity index is 0.00000420. The van der Waals surface area contributed by atoms with Crippen molar-refractivity contribution in [3.05, 3.63) is 53.4 Å². The molecule has 1 aromatic carbocycles. The molecule has 0 aliphatic carbocycles. The Morgan fingerprint density at radius 3 is 2.55 bits per heavy atom. The van der Waals surface area contributed by atoms with Crippen LogP contribution in [0.1, 0.15) is 19.1 Å². The predicted octanol–water partition coefficient (Wildman–Crippen LogP) is 3.95. The van der Waals surface area contributed by atoms with Gasteiger partial charge < -0.3 is 20.4 Å². The molecule has 0 unspecified atom stereocenters. The van der Waals surface area contributed by atoms with Crippen LogP contribution in [0.15, 0.2) is 57.0 Å². The van der Waals surface area contributed by atoms with Crippen LogP contribution in [0, 0.1) is 0 Å². The number of nitrogens with one attached hydrogen (secondary N) is 3. The summed E-state index contributed by atoms with van der Waals surface area (Å²) in [5.74, 6) is 2.60. The lowest BCUT2D eigenvalue weighted by Gasteiger charge is -2.12. The summed E-state index contributed by atoms with van der Waals surface area (Å²) in [7, 11) is 0. The third-order valence-corrected chi connectivity index (χ3v) is 4.97. The molecule has 0 fully saturated rings. The Hall–Kier alpha value is -1.39. The quantitative estimate of drug-likeness (QED) is 0.130. The predicted molar refractivity (Wildman–Crippen MR) is 132 cm³/mol. The lowest BCUT2D eigenvalue weighted by molar-refractivity contribution is -0.118. The lowest BCUT2D eigenvalue weighted by Crippen LogP contribution is -2.39. The zero-order chi connectivity index (χ0) is 20.0. The molecule has 160 valence electrons. The van der Waals surface area contributed by atoms with Gasteiger partial charge in [0, 0.05) is 55.2 Å². The molecule has 1 aromatic heterocycles. The van der Waals surface area contributed by atoms with Crippen LogP contribution in [0.2, 0.25) is 5.02 Å². The minimum absolute atomic E-state index is 0. The van der Waals surface area contributed by atoms with E-state index in [4.69, 9.17) is 16.0 Å². The number of carbonyl (C=O) groups excluding carboxylic acids is 1. The Labute approximate surface area is 198 Å². The standard InChI is InChI=1S/C20H27ClN4O2S.HI/c1-16(26)22-10-3-11-23-20(24-12-9-18-4-2-14-27-18)25-13-15-28-19-7-5-17(21)6-8-19;/h2,4-8,14H,3,9-13,15H2,1H3,(H,22,26)(H2,23,24,25);1H. The molecular formula is C20H28ClIN4O2S. The van der Waals surface area contributed by atoms with Gasteiger partial charge in [0.05, 0.1) is 6.26 Å². The molecule has 6 nitrogen and oxygen atoms in total. The van der Waals surface area contributed by atoms with Crippen LogP contribution in [0.5, 0.6) is 0 Å². The van der Waals surface area contributed by atoms with Crippen molar-refractivity contribution in [3.8, 4) is 0 Å². The van der Waals surface area contributed by atoms with Gasteiger partial charge in [-0.15, -0.1) is 35.7 Å². The van der Waals surface area contributed by atoms with E-state index in [0.717, 1.165) is 48.4 Å². The maximum atomic E-state index is 10.9. The van der Waals surface area contributed by atoms with E-state index in [9.17, 15) is 4.79 Å². The van der Waals surface area contributed by atoms with Crippen LogP contribution in [-0.4, -0.2) is 43.8 Å². The van der Waals surface area contributed by atoms with Crippen molar-refractivity contribution >= 4 is 59.2 Å².